The second-order valence-corrected chi connectivity index (χ2v) is 17.4. The highest BCUT2D eigenvalue weighted by Gasteiger charge is 2.86. The Morgan fingerprint density at radius 2 is 1.81 bits per heavy atom. The van der Waals surface area contributed by atoms with Gasteiger partial charge in [-0.2, -0.15) is 0 Å². The Morgan fingerprint density at radius 1 is 1.19 bits per heavy atom. The molecule has 0 aromatic heterocycles. The molecule has 0 saturated carbocycles. The Bertz CT molecular complexity index is 1050. The van der Waals surface area contributed by atoms with Crippen LogP contribution in [-0.4, -0.2) is 135 Å². The summed E-state index contributed by atoms with van der Waals surface area (Å²) in [7, 11) is 4.77. The van der Waals surface area contributed by atoms with Gasteiger partial charge >= 0.3 is 11.9 Å². The van der Waals surface area contributed by atoms with Crippen molar-refractivity contribution in [3.8, 4) is 0 Å². The molecule has 0 amide bonds. The van der Waals surface area contributed by atoms with Crippen molar-refractivity contribution in [3.63, 3.8) is 0 Å². The number of esters is 2. The van der Waals surface area contributed by atoms with Crippen LogP contribution in [0.5, 0.6) is 0 Å². The van der Waals surface area contributed by atoms with Crippen molar-refractivity contribution in [2.24, 2.45) is 11.8 Å². The molecule has 12 heteroatoms. The van der Waals surface area contributed by atoms with Gasteiger partial charge in [0, 0.05) is 30.3 Å². The predicted octanol–water partition coefficient (Wildman–Crippen LogP) is 2.12. The van der Waals surface area contributed by atoms with Gasteiger partial charge in [0.25, 0.3) is 0 Å². The van der Waals surface area contributed by atoms with E-state index < -0.39 is 78.6 Å². The Labute approximate surface area is 258 Å². The fourth-order valence-electron chi connectivity index (χ4n) is 8.18. The summed E-state index contributed by atoms with van der Waals surface area (Å²) in [6, 6.07) is -0.522. The summed E-state index contributed by atoms with van der Waals surface area (Å²) in [6.45, 7) is 15.1. The molecule has 4 fully saturated rings. The van der Waals surface area contributed by atoms with Crippen LogP contribution in [0.25, 0.3) is 0 Å². The normalized spacial score (nSPS) is 51.1. The number of hydrogen-bond acceptors (Lipinski definition) is 11. The van der Waals surface area contributed by atoms with E-state index in [1.807, 2.05) is 44.8 Å². The standard InChI is InChI=1S/C31H55N2O9P/c1-12-22-30(8,37)24(35)19(5)33(11)15-16(2)14-29(7)25(26-31(38,43(26)29)18(4)27(36)41-22)42-28-23(40-20(6)34)21(32(9)10)13-17(3)39-28/h16-19,21-26,28,35,37-38H,12-15H2,1-11H3/t16-,17-,18+,19-,21?,22-,23-,24-,25-,26-,28+,29+,30-,31?,43?/m1/s1. The fraction of sp³-hybridized carbons (Fsp3) is 0.935. The molecular formula is C31H55N2O9P. The van der Waals surface area contributed by atoms with Crippen molar-refractivity contribution in [2.45, 2.75) is 145 Å². The van der Waals surface area contributed by atoms with E-state index in [1.54, 1.807) is 13.8 Å². The molecule has 0 aromatic rings. The third-order valence-corrected chi connectivity index (χ3v) is 14.6. The van der Waals surface area contributed by atoms with Crippen LogP contribution in [0.3, 0.4) is 0 Å². The van der Waals surface area contributed by atoms with E-state index >= 15 is 0 Å². The van der Waals surface area contributed by atoms with Crippen molar-refractivity contribution < 1.29 is 43.9 Å². The maximum atomic E-state index is 13.6. The number of carbonyl (C=O) groups excluding carboxylic acids is 2. The van der Waals surface area contributed by atoms with Crippen molar-refractivity contribution in [1.29, 1.82) is 0 Å². The molecule has 3 N–H and O–H groups in total. The number of rotatable bonds is 5. The largest absolute Gasteiger partial charge is 0.459 e. The maximum absolute atomic E-state index is 13.6. The molecule has 0 radical (unpaired) electrons. The zero-order valence-electron chi connectivity index (χ0n) is 27.8. The second kappa shape index (κ2) is 12.4. The Hall–Kier alpha value is -0.910. The van der Waals surface area contributed by atoms with Crippen LogP contribution in [-0.2, 0) is 28.5 Å². The van der Waals surface area contributed by atoms with Crippen LogP contribution in [0, 0.1) is 11.8 Å². The first-order valence-electron chi connectivity index (χ1n) is 15.8. The Balaban J connectivity index is 1.69. The number of hydrogen-bond donors (Lipinski definition) is 3. The summed E-state index contributed by atoms with van der Waals surface area (Å²) >= 11 is 0. The van der Waals surface area contributed by atoms with E-state index in [1.165, 1.54) is 13.8 Å². The van der Waals surface area contributed by atoms with E-state index in [9.17, 15) is 24.9 Å². The van der Waals surface area contributed by atoms with Crippen molar-refractivity contribution >= 4 is 19.9 Å². The molecule has 0 aliphatic carbocycles. The lowest BCUT2D eigenvalue weighted by Gasteiger charge is -2.51. The number of carbonyl (C=O) groups is 2. The van der Waals surface area contributed by atoms with Crippen molar-refractivity contribution in [1.82, 2.24) is 9.80 Å². The molecule has 3 unspecified atom stereocenters. The first-order valence-corrected chi connectivity index (χ1v) is 17.2. The van der Waals surface area contributed by atoms with Crippen LogP contribution >= 0.6 is 7.92 Å². The van der Waals surface area contributed by atoms with Gasteiger partial charge in [-0.1, -0.05) is 28.7 Å². The van der Waals surface area contributed by atoms with Gasteiger partial charge in [-0.25, -0.2) is 0 Å². The molecule has 11 nitrogen and oxygen atoms in total. The van der Waals surface area contributed by atoms with Crippen LogP contribution < -0.4 is 0 Å². The van der Waals surface area contributed by atoms with Gasteiger partial charge in [-0.3, -0.25) is 9.59 Å². The first-order chi connectivity index (χ1) is 19.8. The van der Waals surface area contributed by atoms with Gasteiger partial charge in [0.05, 0.1) is 24.2 Å². The number of nitrogens with zero attached hydrogens (tertiary/aromatic N) is 2. The molecular weight excluding hydrogens is 575 g/mol. The quantitative estimate of drug-likeness (QED) is 0.304. The van der Waals surface area contributed by atoms with Gasteiger partial charge in [-0.15, -0.1) is 0 Å². The molecule has 248 valence electrons. The predicted molar refractivity (Wildman–Crippen MR) is 163 cm³/mol. The summed E-state index contributed by atoms with van der Waals surface area (Å²) in [4.78, 5) is 29.8. The fourth-order valence-corrected chi connectivity index (χ4v) is 12.7. The molecule has 43 heavy (non-hydrogen) atoms. The number of cyclic esters (lactones) is 1. The minimum absolute atomic E-state index is 0.113. The lowest BCUT2D eigenvalue weighted by molar-refractivity contribution is -0.278. The average Bonchev–Trinajstić information content (AvgIpc) is 3.51. The third-order valence-electron chi connectivity index (χ3n) is 10.7. The zero-order chi connectivity index (χ0) is 32.4. The average molecular weight is 631 g/mol. The van der Waals surface area contributed by atoms with Crippen molar-refractivity contribution in [3.05, 3.63) is 0 Å². The summed E-state index contributed by atoms with van der Waals surface area (Å²) < 4.78 is 24.7. The molecule has 15 atom stereocenters. The summed E-state index contributed by atoms with van der Waals surface area (Å²) in [6.07, 6.45) is -2.48. The highest BCUT2D eigenvalue weighted by Crippen LogP contribution is 2.93. The minimum Gasteiger partial charge on any atom is -0.459 e. The van der Waals surface area contributed by atoms with Gasteiger partial charge in [0.2, 0.25) is 0 Å². The van der Waals surface area contributed by atoms with E-state index in [-0.39, 0.29) is 23.7 Å². The number of ether oxygens (including phenoxy) is 4. The second-order valence-electron chi connectivity index (χ2n) is 14.4. The SMILES string of the molecule is CC[C@H]1OC(=O)[C@H](C)C2(O)[C@H]3[C@@H](O[C@@H]4O[C@H](C)CC(N(C)C)[C@H]4OC(C)=O)[C@](C)(C[C@@H](C)CN(C)[C@H](C)[C@@H](O)[C@]1(C)O)P32. The van der Waals surface area contributed by atoms with Gasteiger partial charge in [0.1, 0.15) is 23.2 Å². The molecule has 4 rings (SSSR count). The van der Waals surface area contributed by atoms with Gasteiger partial charge in [0.15, 0.2) is 12.4 Å². The minimum atomic E-state index is -1.69. The molecule has 0 aromatic carbocycles. The lowest BCUT2D eigenvalue weighted by Crippen LogP contribution is -2.60. The highest BCUT2D eigenvalue weighted by molar-refractivity contribution is 7.72. The molecule has 4 aliphatic rings. The lowest BCUT2D eigenvalue weighted by atomic mass is 9.85. The molecule has 4 heterocycles. The first kappa shape index (κ1) is 35.0. The summed E-state index contributed by atoms with van der Waals surface area (Å²) in [5, 5.41) is 33.1. The third kappa shape index (κ3) is 6.02. The Kier molecular flexibility index (Phi) is 10.0. The van der Waals surface area contributed by atoms with Crippen LogP contribution in [0.15, 0.2) is 0 Å². The van der Waals surface area contributed by atoms with E-state index in [0.717, 1.165) is 0 Å². The van der Waals surface area contributed by atoms with Gasteiger partial charge < -0.3 is 44.1 Å². The number of aliphatic hydroxyl groups excluding tert-OH is 1. The smallest absolute Gasteiger partial charge is 0.312 e. The Morgan fingerprint density at radius 3 is 2.37 bits per heavy atom. The highest BCUT2D eigenvalue weighted by atomic mass is 31.1. The maximum Gasteiger partial charge on any atom is 0.312 e. The van der Waals surface area contributed by atoms with Crippen LogP contribution in [0.4, 0.5) is 0 Å². The van der Waals surface area contributed by atoms with Crippen LogP contribution in [0.2, 0.25) is 0 Å². The number of fused-ring (bicyclic) bond motifs is 1. The van der Waals surface area contributed by atoms with Crippen LogP contribution in [0.1, 0.15) is 74.7 Å². The van der Waals surface area contributed by atoms with E-state index in [0.29, 0.717) is 25.8 Å². The van der Waals surface area contributed by atoms with E-state index in [2.05, 4.69) is 13.8 Å². The van der Waals surface area contributed by atoms with E-state index in [4.69, 9.17) is 18.9 Å². The topological polar surface area (TPSA) is 138 Å². The van der Waals surface area contributed by atoms with Crippen molar-refractivity contribution in [2.75, 3.05) is 27.7 Å². The molecule has 4 saturated heterocycles. The van der Waals surface area contributed by atoms with Gasteiger partial charge in [-0.05, 0) is 74.0 Å². The zero-order valence-corrected chi connectivity index (χ0v) is 28.7. The summed E-state index contributed by atoms with van der Waals surface area (Å²) in [5.41, 5.74) is -1.96. The number of likely N-dealkylation sites (N-methyl/N-ethyl adjacent to an activating group) is 2. The molecule has 0 bridgehead atoms. The molecule has 0 spiro atoms. The number of aliphatic hydroxyl groups is 3. The monoisotopic (exact) mass is 630 g/mol. The summed E-state index contributed by atoms with van der Waals surface area (Å²) in [5.74, 6) is -1.73. The molecule has 4 aliphatic heterocycles.